The summed E-state index contributed by atoms with van der Waals surface area (Å²) in [5, 5.41) is 6.67. The number of halogens is 1. The maximum Gasteiger partial charge on any atom is 0.191 e. The summed E-state index contributed by atoms with van der Waals surface area (Å²) in [5.41, 5.74) is 0. The molecule has 2 rings (SSSR count). The Morgan fingerprint density at radius 3 is 2.65 bits per heavy atom. The molecule has 1 saturated carbocycles. The first-order valence-electron chi connectivity index (χ1n) is 10.2. The molecule has 154 valence electrons. The van der Waals surface area contributed by atoms with E-state index in [9.17, 15) is 0 Å². The van der Waals surface area contributed by atoms with E-state index in [1.807, 2.05) is 0 Å². The zero-order valence-corrected chi connectivity index (χ0v) is 18.7. The topological polar surface area (TPSA) is 64.1 Å². The summed E-state index contributed by atoms with van der Waals surface area (Å²) in [4.78, 5) is 4.60. The van der Waals surface area contributed by atoms with Gasteiger partial charge in [0, 0.05) is 39.5 Å². The Bertz CT molecular complexity index is 360. The van der Waals surface area contributed by atoms with Crippen molar-refractivity contribution in [1.82, 2.24) is 10.6 Å². The van der Waals surface area contributed by atoms with Gasteiger partial charge in [-0.15, -0.1) is 24.0 Å². The Morgan fingerprint density at radius 2 is 1.92 bits per heavy atom. The molecule has 0 aromatic rings. The first kappa shape index (κ1) is 23.9. The minimum Gasteiger partial charge on any atom is -0.379 e. The lowest BCUT2D eigenvalue weighted by Crippen LogP contribution is -2.38. The number of rotatable bonds is 12. The maximum absolute atomic E-state index is 5.89. The van der Waals surface area contributed by atoms with Crippen molar-refractivity contribution in [3.05, 3.63) is 0 Å². The van der Waals surface area contributed by atoms with E-state index in [1.165, 1.54) is 32.1 Å². The van der Waals surface area contributed by atoms with E-state index in [4.69, 9.17) is 14.2 Å². The SMILES string of the molecule is CCNC(=NCCCOCC1CCCO1)NCCCOC1CCCC1.I. The molecule has 1 unspecified atom stereocenters. The number of ether oxygens (including phenoxy) is 3. The van der Waals surface area contributed by atoms with Crippen LogP contribution in [0.2, 0.25) is 0 Å². The van der Waals surface area contributed by atoms with Crippen LogP contribution in [0.4, 0.5) is 0 Å². The average Bonchev–Trinajstić information content (AvgIpc) is 3.31. The highest BCUT2D eigenvalue weighted by Gasteiger charge is 2.15. The number of hydrogen-bond donors (Lipinski definition) is 2. The van der Waals surface area contributed by atoms with Gasteiger partial charge in [0.25, 0.3) is 0 Å². The van der Waals surface area contributed by atoms with Crippen molar-refractivity contribution >= 4 is 29.9 Å². The number of nitrogens with one attached hydrogen (secondary N) is 2. The van der Waals surface area contributed by atoms with E-state index < -0.39 is 0 Å². The standard InChI is InChI=1S/C19H37N3O3.HI/c1-2-20-19(22-12-7-15-24-17-8-3-4-9-17)21-11-6-13-23-16-18-10-5-14-25-18;/h17-18H,2-16H2,1H3,(H2,20,21,22);1H. The zero-order valence-electron chi connectivity index (χ0n) is 16.3. The first-order chi connectivity index (χ1) is 12.4. The molecule has 0 aromatic heterocycles. The van der Waals surface area contributed by atoms with Crippen molar-refractivity contribution in [2.24, 2.45) is 4.99 Å². The van der Waals surface area contributed by atoms with Gasteiger partial charge >= 0.3 is 0 Å². The van der Waals surface area contributed by atoms with Gasteiger partial charge in [-0.25, -0.2) is 0 Å². The van der Waals surface area contributed by atoms with Crippen molar-refractivity contribution in [2.45, 2.75) is 70.5 Å². The molecule has 2 fully saturated rings. The molecule has 26 heavy (non-hydrogen) atoms. The number of nitrogens with zero attached hydrogens (tertiary/aromatic N) is 1. The smallest absolute Gasteiger partial charge is 0.191 e. The molecule has 0 radical (unpaired) electrons. The summed E-state index contributed by atoms with van der Waals surface area (Å²) in [6, 6.07) is 0. The predicted molar refractivity (Wildman–Crippen MR) is 117 cm³/mol. The fourth-order valence-corrected chi connectivity index (χ4v) is 3.27. The lowest BCUT2D eigenvalue weighted by atomic mass is 10.2. The molecule has 1 heterocycles. The zero-order chi connectivity index (χ0) is 17.6. The van der Waals surface area contributed by atoms with Gasteiger partial charge in [0.15, 0.2) is 5.96 Å². The van der Waals surface area contributed by atoms with Gasteiger partial charge in [-0.2, -0.15) is 0 Å². The van der Waals surface area contributed by atoms with Gasteiger partial charge in [0.05, 0.1) is 18.8 Å². The van der Waals surface area contributed by atoms with E-state index in [-0.39, 0.29) is 24.0 Å². The summed E-state index contributed by atoms with van der Waals surface area (Å²) >= 11 is 0. The molecule has 1 atom stereocenters. The Balaban J connectivity index is 0.00000338. The fraction of sp³-hybridized carbons (Fsp3) is 0.947. The van der Waals surface area contributed by atoms with Gasteiger partial charge in [0.2, 0.25) is 0 Å². The van der Waals surface area contributed by atoms with Crippen molar-refractivity contribution in [1.29, 1.82) is 0 Å². The maximum atomic E-state index is 5.89. The Labute approximate surface area is 176 Å². The Kier molecular flexibility index (Phi) is 14.6. The molecule has 1 saturated heterocycles. The highest BCUT2D eigenvalue weighted by molar-refractivity contribution is 14.0. The summed E-state index contributed by atoms with van der Waals surface area (Å²) < 4.78 is 17.1. The van der Waals surface area contributed by atoms with Gasteiger partial charge in [-0.3, -0.25) is 4.99 Å². The number of guanidine groups is 1. The molecule has 0 spiro atoms. The van der Waals surface area contributed by atoms with E-state index in [1.54, 1.807) is 0 Å². The molecule has 6 nitrogen and oxygen atoms in total. The van der Waals surface area contributed by atoms with E-state index >= 15 is 0 Å². The van der Waals surface area contributed by atoms with Crippen LogP contribution in [0.25, 0.3) is 0 Å². The highest BCUT2D eigenvalue weighted by Crippen LogP contribution is 2.20. The van der Waals surface area contributed by atoms with Gasteiger partial charge in [-0.05, 0) is 45.4 Å². The monoisotopic (exact) mass is 483 g/mol. The molecule has 0 amide bonds. The number of hydrogen-bond acceptors (Lipinski definition) is 4. The molecule has 2 aliphatic rings. The first-order valence-corrected chi connectivity index (χ1v) is 10.2. The van der Waals surface area contributed by atoms with Crippen LogP contribution in [0.15, 0.2) is 4.99 Å². The Hall–Kier alpha value is -0.120. The molecule has 1 aliphatic heterocycles. The van der Waals surface area contributed by atoms with E-state index in [0.29, 0.717) is 12.2 Å². The van der Waals surface area contributed by atoms with E-state index in [2.05, 4.69) is 22.5 Å². The molecule has 1 aliphatic carbocycles. The van der Waals surface area contributed by atoms with Crippen LogP contribution < -0.4 is 10.6 Å². The second-order valence-electron chi connectivity index (χ2n) is 6.88. The minimum absolute atomic E-state index is 0. The third-order valence-corrected chi connectivity index (χ3v) is 4.66. The van der Waals surface area contributed by atoms with Crippen LogP contribution in [0, 0.1) is 0 Å². The Morgan fingerprint density at radius 1 is 1.08 bits per heavy atom. The molecule has 0 aromatic carbocycles. The van der Waals surface area contributed by atoms with Crippen LogP contribution in [-0.2, 0) is 14.2 Å². The van der Waals surface area contributed by atoms with Crippen LogP contribution >= 0.6 is 24.0 Å². The van der Waals surface area contributed by atoms with Crippen molar-refractivity contribution in [2.75, 3.05) is 46.1 Å². The fourth-order valence-electron chi connectivity index (χ4n) is 3.27. The van der Waals surface area contributed by atoms with Crippen LogP contribution in [0.5, 0.6) is 0 Å². The quantitative estimate of drug-likeness (QED) is 0.193. The van der Waals surface area contributed by atoms with Crippen molar-refractivity contribution in [3.63, 3.8) is 0 Å². The third kappa shape index (κ3) is 10.9. The summed E-state index contributed by atoms with van der Waals surface area (Å²) in [6.45, 7) is 7.84. The minimum atomic E-state index is 0. The average molecular weight is 483 g/mol. The van der Waals surface area contributed by atoms with E-state index in [0.717, 1.165) is 71.3 Å². The highest BCUT2D eigenvalue weighted by atomic mass is 127. The third-order valence-electron chi connectivity index (χ3n) is 4.66. The van der Waals surface area contributed by atoms with Crippen molar-refractivity contribution < 1.29 is 14.2 Å². The van der Waals surface area contributed by atoms with Gasteiger partial charge < -0.3 is 24.8 Å². The summed E-state index contributed by atoms with van der Waals surface area (Å²) in [5.74, 6) is 0.891. The molecular formula is C19H38IN3O3. The number of aliphatic imine (C=N–C) groups is 1. The molecular weight excluding hydrogens is 445 g/mol. The molecule has 0 bridgehead atoms. The van der Waals surface area contributed by atoms with Crippen LogP contribution in [-0.4, -0.2) is 64.2 Å². The van der Waals surface area contributed by atoms with Gasteiger partial charge in [0.1, 0.15) is 0 Å². The lowest BCUT2D eigenvalue weighted by Gasteiger charge is -2.13. The summed E-state index contributed by atoms with van der Waals surface area (Å²) in [7, 11) is 0. The lowest BCUT2D eigenvalue weighted by molar-refractivity contribution is 0.0171. The largest absolute Gasteiger partial charge is 0.379 e. The van der Waals surface area contributed by atoms with Crippen LogP contribution in [0.1, 0.15) is 58.3 Å². The predicted octanol–water partition coefficient (Wildman–Crippen LogP) is 3.09. The summed E-state index contributed by atoms with van der Waals surface area (Å²) in [6.07, 6.45) is 10.2. The van der Waals surface area contributed by atoms with Crippen LogP contribution in [0.3, 0.4) is 0 Å². The van der Waals surface area contributed by atoms with Crippen molar-refractivity contribution in [3.8, 4) is 0 Å². The molecule has 2 N–H and O–H groups in total. The normalized spacial score (nSPS) is 21.0. The second kappa shape index (κ2) is 15.9. The molecule has 7 heteroatoms. The second-order valence-corrected chi connectivity index (χ2v) is 6.88. The van der Waals surface area contributed by atoms with Gasteiger partial charge in [-0.1, -0.05) is 12.8 Å².